The van der Waals surface area contributed by atoms with Crippen LogP contribution in [0.2, 0.25) is 0 Å². The highest BCUT2D eigenvalue weighted by Gasteiger charge is 2.47. The molecule has 0 aromatic rings. The van der Waals surface area contributed by atoms with Crippen LogP contribution < -0.4 is 0 Å². The van der Waals surface area contributed by atoms with E-state index in [0.29, 0.717) is 11.8 Å². The minimum atomic E-state index is -0.384. The lowest BCUT2D eigenvalue weighted by molar-refractivity contribution is -0.0134. The maximum absolute atomic E-state index is 12.2. The van der Waals surface area contributed by atoms with E-state index in [2.05, 4.69) is 4.90 Å². The number of likely N-dealkylation sites (tertiary alicyclic amines) is 2. The van der Waals surface area contributed by atoms with Gasteiger partial charge in [-0.25, -0.2) is 4.79 Å². The van der Waals surface area contributed by atoms with Crippen molar-refractivity contribution < 1.29 is 9.53 Å². The number of nitrogens with zero attached hydrogens (tertiary/aromatic N) is 2. The van der Waals surface area contributed by atoms with Crippen molar-refractivity contribution in [3.63, 3.8) is 0 Å². The second-order valence-corrected chi connectivity index (χ2v) is 7.36. The second kappa shape index (κ2) is 4.65. The molecule has 3 rings (SSSR count). The molecule has 2 saturated heterocycles. The van der Waals surface area contributed by atoms with Gasteiger partial charge in [-0.15, -0.1) is 0 Å². The molecule has 108 valence electrons. The molecule has 3 aliphatic rings. The molecular weight excluding hydrogens is 240 g/mol. The fraction of sp³-hybridized carbons (Fsp3) is 0.933. The molecule has 4 heteroatoms. The minimum absolute atomic E-state index is 0.119. The predicted molar refractivity (Wildman–Crippen MR) is 74.0 cm³/mol. The average Bonchev–Trinajstić information content (AvgIpc) is 2.48. The lowest BCUT2D eigenvalue weighted by Gasteiger charge is -2.47. The molecule has 2 bridgehead atoms. The standard InChI is InChI=1S/C15H26N2O2/c1-15(2,3)19-14(18)17-9-11-5-6-12(10-17)13(11)16-7-4-8-16/h11-13H,4-10H2,1-3H3. The first kappa shape index (κ1) is 13.2. The summed E-state index contributed by atoms with van der Waals surface area (Å²) in [6.45, 7) is 10.1. The molecule has 0 radical (unpaired) electrons. The van der Waals surface area contributed by atoms with Crippen LogP contribution in [0.15, 0.2) is 0 Å². The number of carbonyl (C=O) groups is 1. The van der Waals surface area contributed by atoms with Gasteiger partial charge in [-0.3, -0.25) is 4.90 Å². The van der Waals surface area contributed by atoms with Gasteiger partial charge in [0.15, 0.2) is 0 Å². The maximum atomic E-state index is 12.2. The number of carbonyl (C=O) groups excluding carboxylic acids is 1. The van der Waals surface area contributed by atoms with Gasteiger partial charge < -0.3 is 9.64 Å². The van der Waals surface area contributed by atoms with E-state index in [1.54, 1.807) is 0 Å². The highest BCUT2D eigenvalue weighted by Crippen LogP contribution is 2.41. The highest BCUT2D eigenvalue weighted by atomic mass is 16.6. The zero-order chi connectivity index (χ0) is 13.6. The monoisotopic (exact) mass is 266 g/mol. The van der Waals surface area contributed by atoms with Crippen LogP contribution in [0, 0.1) is 11.8 Å². The first-order chi connectivity index (χ1) is 8.94. The fourth-order valence-corrected chi connectivity index (χ4v) is 3.90. The number of amides is 1. The molecular formula is C15H26N2O2. The number of fused-ring (bicyclic) bond motifs is 2. The molecule has 1 aliphatic carbocycles. The number of rotatable bonds is 1. The molecule has 19 heavy (non-hydrogen) atoms. The summed E-state index contributed by atoms with van der Waals surface area (Å²) in [7, 11) is 0. The van der Waals surface area contributed by atoms with Gasteiger partial charge in [0, 0.05) is 19.1 Å². The van der Waals surface area contributed by atoms with Gasteiger partial charge in [0.1, 0.15) is 5.60 Å². The number of piperidine rings is 1. The number of hydrogen-bond donors (Lipinski definition) is 0. The summed E-state index contributed by atoms with van der Waals surface area (Å²) in [4.78, 5) is 16.8. The summed E-state index contributed by atoms with van der Waals surface area (Å²) in [5, 5.41) is 0. The Morgan fingerprint density at radius 2 is 1.68 bits per heavy atom. The van der Waals surface area contributed by atoms with Crippen molar-refractivity contribution in [1.29, 1.82) is 0 Å². The van der Waals surface area contributed by atoms with Gasteiger partial charge in [-0.2, -0.15) is 0 Å². The Bertz CT molecular complexity index is 346. The maximum Gasteiger partial charge on any atom is 0.410 e. The zero-order valence-corrected chi connectivity index (χ0v) is 12.4. The van der Waals surface area contributed by atoms with Crippen molar-refractivity contribution in [3.8, 4) is 0 Å². The van der Waals surface area contributed by atoms with Gasteiger partial charge in [-0.1, -0.05) is 0 Å². The van der Waals surface area contributed by atoms with Crippen LogP contribution in [0.1, 0.15) is 40.0 Å². The van der Waals surface area contributed by atoms with Crippen LogP contribution >= 0.6 is 0 Å². The molecule has 4 nitrogen and oxygen atoms in total. The molecule has 0 aromatic heterocycles. The van der Waals surface area contributed by atoms with Gasteiger partial charge in [0.2, 0.25) is 0 Å². The summed E-state index contributed by atoms with van der Waals surface area (Å²) < 4.78 is 5.51. The quantitative estimate of drug-likeness (QED) is 0.730. The Hall–Kier alpha value is -0.770. The first-order valence-electron chi connectivity index (χ1n) is 7.66. The third kappa shape index (κ3) is 2.60. The lowest BCUT2D eigenvalue weighted by atomic mass is 9.89. The van der Waals surface area contributed by atoms with Crippen LogP contribution in [0.4, 0.5) is 4.79 Å². The van der Waals surface area contributed by atoms with E-state index in [-0.39, 0.29) is 11.7 Å². The SMILES string of the molecule is CC(C)(C)OC(=O)N1CC2CCC(C1)C2N1CCC1. The van der Waals surface area contributed by atoms with E-state index in [4.69, 9.17) is 4.74 Å². The summed E-state index contributed by atoms with van der Waals surface area (Å²) in [5.74, 6) is 1.35. The molecule has 2 unspecified atom stereocenters. The molecule has 3 fully saturated rings. The van der Waals surface area contributed by atoms with Gasteiger partial charge >= 0.3 is 6.09 Å². The Morgan fingerprint density at radius 1 is 1.11 bits per heavy atom. The minimum Gasteiger partial charge on any atom is -0.444 e. The van der Waals surface area contributed by atoms with E-state index in [1.807, 2.05) is 25.7 Å². The molecule has 1 saturated carbocycles. The Kier molecular flexibility index (Phi) is 3.24. The Morgan fingerprint density at radius 3 is 2.11 bits per heavy atom. The van der Waals surface area contributed by atoms with Crippen molar-refractivity contribution in [2.45, 2.75) is 51.7 Å². The third-order valence-electron chi connectivity index (χ3n) is 4.75. The highest BCUT2D eigenvalue weighted by molar-refractivity contribution is 5.68. The average molecular weight is 266 g/mol. The van der Waals surface area contributed by atoms with E-state index < -0.39 is 0 Å². The molecule has 0 N–H and O–H groups in total. The van der Waals surface area contributed by atoms with Crippen molar-refractivity contribution in [2.24, 2.45) is 11.8 Å². The zero-order valence-electron chi connectivity index (χ0n) is 12.4. The largest absolute Gasteiger partial charge is 0.444 e. The van der Waals surface area contributed by atoms with Crippen molar-refractivity contribution >= 4 is 6.09 Å². The van der Waals surface area contributed by atoms with E-state index in [9.17, 15) is 4.79 Å². The molecule has 0 spiro atoms. The smallest absolute Gasteiger partial charge is 0.410 e. The summed E-state index contributed by atoms with van der Waals surface area (Å²) in [6, 6.07) is 0.743. The van der Waals surface area contributed by atoms with Crippen LogP contribution in [-0.4, -0.2) is 53.7 Å². The predicted octanol–water partition coefficient (Wildman–Crippen LogP) is 2.34. The van der Waals surface area contributed by atoms with Crippen LogP contribution in [-0.2, 0) is 4.74 Å². The normalized spacial score (nSPS) is 35.1. The van der Waals surface area contributed by atoms with Gasteiger partial charge in [0.05, 0.1) is 0 Å². The van der Waals surface area contributed by atoms with E-state index >= 15 is 0 Å². The molecule has 2 aliphatic heterocycles. The van der Waals surface area contributed by atoms with Crippen molar-refractivity contribution in [2.75, 3.05) is 26.2 Å². The number of hydrogen-bond acceptors (Lipinski definition) is 3. The molecule has 2 atom stereocenters. The van der Waals surface area contributed by atoms with E-state index in [1.165, 1.54) is 32.4 Å². The third-order valence-corrected chi connectivity index (χ3v) is 4.75. The van der Waals surface area contributed by atoms with Crippen LogP contribution in [0.5, 0.6) is 0 Å². The second-order valence-electron chi connectivity index (χ2n) is 7.36. The first-order valence-corrected chi connectivity index (χ1v) is 7.66. The van der Waals surface area contributed by atoms with Crippen molar-refractivity contribution in [3.05, 3.63) is 0 Å². The van der Waals surface area contributed by atoms with Crippen LogP contribution in [0.25, 0.3) is 0 Å². The molecule has 1 amide bonds. The lowest BCUT2D eigenvalue weighted by Crippen LogP contribution is -2.57. The van der Waals surface area contributed by atoms with Crippen molar-refractivity contribution in [1.82, 2.24) is 9.80 Å². The number of ether oxygens (including phenoxy) is 1. The Balaban J connectivity index is 1.62. The van der Waals surface area contributed by atoms with Gasteiger partial charge in [0.25, 0.3) is 0 Å². The topological polar surface area (TPSA) is 32.8 Å². The van der Waals surface area contributed by atoms with Crippen LogP contribution in [0.3, 0.4) is 0 Å². The summed E-state index contributed by atoms with van der Waals surface area (Å²) >= 11 is 0. The summed E-state index contributed by atoms with van der Waals surface area (Å²) in [5.41, 5.74) is -0.384. The Labute approximate surface area is 116 Å². The van der Waals surface area contributed by atoms with Gasteiger partial charge in [-0.05, 0) is 65.0 Å². The molecule has 0 aromatic carbocycles. The van der Waals surface area contributed by atoms with E-state index in [0.717, 1.165) is 19.1 Å². The fourth-order valence-electron chi connectivity index (χ4n) is 3.90. The summed E-state index contributed by atoms with van der Waals surface area (Å²) in [6.07, 6.45) is 3.80. The molecule has 2 heterocycles.